The van der Waals surface area contributed by atoms with Crippen LogP contribution in [-0.2, 0) is 11.3 Å². The highest BCUT2D eigenvalue weighted by molar-refractivity contribution is 7.17. The van der Waals surface area contributed by atoms with E-state index >= 15 is 0 Å². The van der Waals surface area contributed by atoms with Gasteiger partial charge in [0.05, 0.1) is 27.0 Å². The smallest absolute Gasteiger partial charge is 0.268 e. The van der Waals surface area contributed by atoms with E-state index < -0.39 is 0 Å². The van der Waals surface area contributed by atoms with Gasteiger partial charge in [0.25, 0.3) is 5.91 Å². The summed E-state index contributed by atoms with van der Waals surface area (Å²) in [4.78, 5) is 40.4. The summed E-state index contributed by atoms with van der Waals surface area (Å²) in [5.41, 5.74) is 3.30. The molecule has 2 aliphatic heterocycles. The first-order chi connectivity index (χ1) is 19.5. The maximum absolute atomic E-state index is 13.4. The van der Waals surface area contributed by atoms with Crippen molar-refractivity contribution in [3.63, 3.8) is 0 Å². The lowest BCUT2D eigenvalue weighted by molar-refractivity contribution is -0.125. The Kier molecular flexibility index (Phi) is 6.31. The molecule has 0 radical (unpaired) electrons. The van der Waals surface area contributed by atoms with Gasteiger partial charge in [0.2, 0.25) is 11.9 Å². The molecule has 206 valence electrons. The number of aromatic nitrogens is 3. The van der Waals surface area contributed by atoms with E-state index in [-0.39, 0.29) is 23.3 Å². The van der Waals surface area contributed by atoms with Gasteiger partial charge in [-0.05, 0) is 86.5 Å². The number of nitrogens with zero attached hydrogens (tertiary/aromatic N) is 5. The fourth-order valence-corrected chi connectivity index (χ4v) is 7.55. The largest absolute Gasteiger partial charge is 0.443 e. The Balaban J connectivity index is 1.17. The number of hydrogen-bond donors (Lipinski definition) is 1. The normalized spacial score (nSPS) is 22.7. The van der Waals surface area contributed by atoms with E-state index in [0.717, 1.165) is 67.9 Å². The molecule has 10 heteroatoms. The van der Waals surface area contributed by atoms with Gasteiger partial charge in [0.15, 0.2) is 12.2 Å². The number of thiophene rings is 1. The molecule has 0 unspecified atom stereocenters. The van der Waals surface area contributed by atoms with Gasteiger partial charge in [-0.3, -0.25) is 19.8 Å². The number of likely N-dealkylation sites (tertiary alicyclic amines) is 2. The number of imidazole rings is 1. The van der Waals surface area contributed by atoms with Crippen molar-refractivity contribution in [2.45, 2.75) is 44.7 Å². The van der Waals surface area contributed by atoms with Crippen LogP contribution in [0, 0.1) is 5.41 Å². The molecule has 1 saturated carbocycles. The number of carbonyl (C=O) groups is 2. The molecule has 1 aromatic carbocycles. The molecule has 1 spiro atoms. The van der Waals surface area contributed by atoms with E-state index in [1.807, 2.05) is 11.0 Å². The third-order valence-corrected chi connectivity index (χ3v) is 9.81. The third kappa shape index (κ3) is 4.54. The summed E-state index contributed by atoms with van der Waals surface area (Å²) in [6, 6.07) is 10.4. The van der Waals surface area contributed by atoms with Gasteiger partial charge in [0.1, 0.15) is 0 Å². The lowest BCUT2D eigenvalue weighted by Crippen LogP contribution is -2.42. The Labute approximate surface area is 236 Å². The van der Waals surface area contributed by atoms with E-state index in [1.54, 1.807) is 12.3 Å². The van der Waals surface area contributed by atoms with E-state index in [0.29, 0.717) is 16.6 Å². The van der Waals surface area contributed by atoms with Crippen LogP contribution in [0.1, 0.15) is 53.4 Å². The molecular formula is C30H32N6O3S. The van der Waals surface area contributed by atoms with E-state index in [1.165, 1.54) is 42.2 Å². The quantitative estimate of drug-likeness (QED) is 0.309. The monoisotopic (exact) mass is 556 g/mol. The summed E-state index contributed by atoms with van der Waals surface area (Å²) in [5, 5.41) is 3.12. The average Bonchev–Trinajstić information content (AvgIpc) is 3.76. The molecule has 3 aromatic heterocycles. The van der Waals surface area contributed by atoms with Crippen LogP contribution in [0.15, 0.2) is 60.0 Å². The maximum atomic E-state index is 13.4. The van der Waals surface area contributed by atoms with Crippen molar-refractivity contribution >= 4 is 40.1 Å². The van der Waals surface area contributed by atoms with Gasteiger partial charge in [-0.2, -0.15) is 0 Å². The standard InChI is InChI=1S/C30H32N6O3S/c1-2-27(37)35-12-9-30(18-35)14-21(15-30)36-23-6-5-20(17-34-10-3-4-11-34)13-22(23)32-29(36)33-28(38)26-8-7-25(40-26)24-16-31-19-39-24/h2,5-8,13,16,19,21H,1,3-4,9-12,14-15,17-18H2,(H,32,33,38)/t21-,30-. The Morgan fingerprint density at radius 3 is 2.80 bits per heavy atom. The van der Waals surface area contributed by atoms with Gasteiger partial charge in [-0.25, -0.2) is 9.97 Å². The third-order valence-electron chi connectivity index (χ3n) is 8.72. The number of benzene rings is 1. The fraction of sp³-hybridized carbons (Fsp3) is 0.400. The predicted octanol–water partition coefficient (Wildman–Crippen LogP) is 5.34. The number of anilines is 1. The summed E-state index contributed by atoms with van der Waals surface area (Å²) < 4.78 is 7.60. The van der Waals surface area contributed by atoms with Crippen molar-refractivity contribution < 1.29 is 14.0 Å². The molecule has 7 rings (SSSR count). The van der Waals surface area contributed by atoms with Gasteiger partial charge in [-0.1, -0.05) is 12.6 Å². The van der Waals surface area contributed by atoms with E-state index in [2.05, 4.69) is 44.5 Å². The molecule has 2 amide bonds. The van der Waals surface area contributed by atoms with Crippen molar-refractivity contribution in [3.05, 3.63) is 66.0 Å². The first kappa shape index (κ1) is 25.2. The minimum absolute atomic E-state index is 0.00698. The lowest BCUT2D eigenvalue weighted by atomic mass is 9.64. The first-order valence-electron chi connectivity index (χ1n) is 13.9. The molecule has 5 heterocycles. The molecule has 3 fully saturated rings. The lowest BCUT2D eigenvalue weighted by Gasteiger charge is -2.46. The Hall–Kier alpha value is -3.76. The Morgan fingerprint density at radius 1 is 1.18 bits per heavy atom. The van der Waals surface area contributed by atoms with Crippen molar-refractivity contribution in [1.29, 1.82) is 0 Å². The van der Waals surface area contributed by atoms with Gasteiger partial charge < -0.3 is 13.9 Å². The number of carbonyl (C=O) groups excluding carboxylic acids is 2. The minimum Gasteiger partial charge on any atom is -0.443 e. The topological polar surface area (TPSA) is 96.5 Å². The molecule has 4 aromatic rings. The number of rotatable bonds is 7. The molecule has 3 aliphatic rings. The Morgan fingerprint density at radius 2 is 2.02 bits per heavy atom. The van der Waals surface area contributed by atoms with Crippen LogP contribution in [0.4, 0.5) is 5.95 Å². The second kappa shape index (κ2) is 10.0. The molecule has 1 N–H and O–H groups in total. The average molecular weight is 557 g/mol. The molecule has 9 nitrogen and oxygen atoms in total. The number of oxazole rings is 1. The van der Waals surface area contributed by atoms with Gasteiger partial charge in [0, 0.05) is 25.7 Å². The fourth-order valence-electron chi connectivity index (χ4n) is 6.70. The molecule has 1 aliphatic carbocycles. The molecule has 0 atom stereocenters. The molecule has 0 bridgehead atoms. The SMILES string of the molecule is C=CC(=O)N1CC[C@]2(C1)C[C@H](n1c(NC(=O)c3ccc(-c4cnco4)s3)nc3cc(CN4CCCC4)ccc31)C2. The first-order valence-corrected chi connectivity index (χ1v) is 14.8. The number of fused-ring (bicyclic) bond motifs is 1. The zero-order valence-corrected chi connectivity index (χ0v) is 23.2. The van der Waals surface area contributed by atoms with Crippen molar-refractivity contribution in [2.75, 3.05) is 31.5 Å². The van der Waals surface area contributed by atoms with Crippen molar-refractivity contribution in [3.8, 4) is 10.6 Å². The maximum Gasteiger partial charge on any atom is 0.268 e. The van der Waals surface area contributed by atoms with Crippen molar-refractivity contribution in [2.24, 2.45) is 5.41 Å². The summed E-state index contributed by atoms with van der Waals surface area (Å²) in [7, 11) is 0. The minimum atomic E-state index is -0.192. The van der Waals surface area contributed by atoms with E-state index in [4.69, 9.17) is 9.40 Å². The number of hydrogen-bond acceptors (Lipinski definition) is 7. The summed E-state index contributed by atoms with van der Waals surface area (Å²) in [6.07, 6.45) is 9.85. The second-order valence-electron chi connectivity index (χ2n) is 11.4. The molecule has 40 heavy (non-hydrogen) atoms. The van der Waals surface area contributed by atoms with Crippen molar-refractivity contribution in [1.82, 2.24) is 24.3 Å². The van der Waals surface area contributed by atoms with Crippen LogP contribution in [0.3, 0.4) is 0 Å². The zero-order valence-electron chi connectivity index (χ0n) is 22.3. The van der Waals surface area contributed by atoms with Gasteiger partial charge in [-0.15, -0.1) is 11.3 Å². The van der Waals surface area contributed by atoms with Crippen LogP contribution in [0.2, 0.25) is 0 Å². The second-order valence-corrected chi connectivity index (χ2v) is 12.5. The summed E-state index contributed by atoms with van der Waals surface area (Å²) >= 11 is 1.37. The predicted molar refractivity (Wildman–Crippen MR) is 154 cm³/mol. The van der Waals surface area contributed by atoms with E-state index in [9.17, 15) is 9.59 Å². The van der Waals surface area contributed by atoms with Crippen LogP contribution in [-0.4, -0.2) is 62.3 Å². The number of nitrogens with one attached hydrogen (secondary N) is 1. The van der Waals surface area contributed by atoms with Gasteiger partial charge >= 0.3 is 0 Å². The van der Waals surface area contributed by atoms with Crippen LogP contribution in [0.25, 0.3) is 21.7 Å². The highest BCUT2D eigenvalue weighted by atomic mass is 32.1. The van der Waals surface area contributed by atoms with Crippen LogP contribution >= 0.6 is 11.3 Å². The Bertz CT molecular complexity index is 1580. The zero-order chi connectivity index (χ0) is 27.3. The number of amides is 2. The molecular weight excluding hydrogens is 524 g/mol. The summed E-state index contributed by atoms with van der Waals surface area (Å²) in [5.74, 6) is 1.03. The van der Waals surface area contributed by atoms with Crippen LogP contribution in [0.5, 0.6) is 0 Å². The highest BCUT2D eigenvalue weighted by Gasteiger charge is 2.50. The summed E-state index contributed by atoms with van der Waals surface area (Å²) in [6.45, 7) is 8.39. The molecule has 2 saturated heterocycles. The highest BCUT2D eigenvalue weighted by Crippen LogP contribution is 2.55. The van der Waals surface area contributed by atoms with Crippen LogP contribution < -0.4 is 5.32 Å².